The minimum absolute atomic E-state index is 0.00317. The van der Waals surface area contributed by atoms with Gasteiger partial charge in [0.1, 0.15) is 0 Å². The number of hydrogen-bond acceptors (Lipinski definition) is 3. The van der Waals surface area contributed by atoms with Crippen molar-refractivity contribution in [2.75, 3.05) is 4.90 Å². The number of rotatable bonds is 2. The number of anilines is 1. The quantitative estimate of drug-likeness (QED) is 0.823. The van der Waals surface area contributed by atoms with E-state index in [-0.39, 0.29) is 12.1 Å². The first-order valence-electron chi connectivity index (χ1n) is 7.11. The van der Waals surface area contributed by atoms with Gasteiger partial charge in [0.25, 0.3) is 0 Å². The molecule has 0 aromatic heterocycles. The molecule has 2 rings (SSSR count). The maximum Gasteiger partial charge on any atom is 0.417 e. The molecule has 1 aromatic carbocycles. The minimum atomic E-state index is -4.87. The predicted octanol–water partition coefficient (Wildman–Crippen LogP) is 3.86. The summed E-state index contributed by atoms with van der Waals surface area (Å²) in [6, 6.07) is 2.35. The highest BCUT2D eigenvalue weighted by molar-refractivity contribution is 5.57. The van der Waals surface area contributed by atoms with E-state index in [1.807, 2.05) is 0 Å². The molecule has 3 nitrogen and oxygen atoms in total. The SMILES string of the molecule is C[C@@H]1CC[C@H]([C@@H](O)C(F)(F)F)N1c1ccc(C#N)c(C(F)(F)F)c1. The lowest BCUT2D eigenvalue weighted by Gasteiger charge is -2.34. The van der Waals surface area contributed by atoms with Crippen molar-refractivity contribution in [2.45, 2.75) is 50.3 Å². The van der Waals surface area contributed by atoms with Gasteiger partial charge in [-0.1, -0.05) is 0 Å². The lowest BCUT2D eigenvalue weighted by molar-refractivity contribution is -0.209. The van der Waals surface area contributed by atoms with E-state index in [9.17, 15) is 31.4 Å². The Morgan fingerprint density at radius 3 is 2.33 bits per heavy atom. The molecule has 1 aliphatic rings. The summed E-state index contributed by atoms with van der Waals surface area (Å²) in [6.07, 6.45) is -12.0. The van der Waals surface area contributed by atoms with E-state index in [0.29, 0.717) is 12.5 Å². The first-order chi connectivity index (χ1) is 11.0. The fourth-order valence-corrected chi connectivity index (χ4v) is 3.02. The second kappa shape index (κ2) is 6.16. The van der Waals surface area contributed by atoms with Crippen molar-refractivity contribution in [3.05, 3.63) is 29.3 Å². The number of alkyl halides is 6. The van der Waals surface area contributed by atoms with Crippen molar-refractivity contribution < 1.29 is 31.4 Å². The van der Waals surface area contributed by atoms with Crippen molar-refractivity contribution in [2.24, 2.45) is 0 Å². The molecule has 0 bridgehead atoms. The molecule has 9 heteroatoms. The number of aliphatic hydroxyl groups is 1. The Bertz CT molecular complexity index is 649. The van der Waals surface area contributed by atoms with Gasteiger partial charge >= 0.3 is 12.4 Å². The van der Waals surface area contributed by atoms with Crippen molar-refractivity contribution in [3.63, 3.8) is 0 Å². The first kappa shape index (κ1) is 18.4. The molecule has 0 unspecified atom stereocenters. The zero-order chi connectivity index (χ0) is 18.3. The second-order valence-electron chi connectivity index (χ2n) is 5.73. The van der Waals surface area contributed by atoms with E-state index in [1.165, 1.54) is 12.1 Å². The maximum atomic E-state index is 13.0. The topological polar surface area (TPSA) is 47.3 Å². The summed E-state index contributed by atoms with van der Waals surface area (Å²) in [7, 11) is 0. The summed E-state index contributed by atoms with van der Waals surface area (Å²) in [5.74, 6) is 0. The van der Waals surface area contributed by atoms with Gasteiger partial charge in [0, 0.05) is 11.7 Å². The Labute approximate surface area is 134 Å². The molecule has 1 aliphatic heterocycles. The van der Waals surface area contributed by atoms with Crippen LogP contribution in [0.2, 0.25) is 0 Å². The van der Waals surface area contributed by atoms with Crippen LogP contribution >= 0.6 is 0 Å². The molecule has 1 fully saturated rings. The van der Waals surface area contributed by atoms with Crippen LogP contribution in [0.5, 0.6) is 0 Å². The van der Waals surface area contributed by atoms with E-state index >= 15 is 0 Å². The molecule has 0 spiro atoms. The molecule has 0 amide bonds. The molecule has 0 saturated carbocycles. The summed E-state index contributed by atoms with van der Waals surface area (Å²) in [5.41, 5.74) is -1.91. The predicted molar refractivity (Wildman–Crippen MR) is 73.2 cm³/mol. The Morgan fingerprint density at radius 1 is 1.21 bits per heavy atom. The standard InChI is InChI=1S/C15H14F6N2O/c1-8-2-5-12(13(24)15(19,20)21)23(8)10-4-3-9(7-22)11(6-10)14(16,17)18/h3-4,6,8,12-13,24H,2,5H2,1H3/t8-,12-,13-/m1/s1. The number of hydrogen-bond donors (Lipinski definition) is 1. The van der Waals surface area contributed by atoms with Gasteiger partial charge in [-0.2, -0.15) is 31.6 Å². The van der Waals surface area contributed by atoms with Gasteiger partial charge < -0.3 is 10.0 Å². The largest absolute Gasteiger partial charge is 0.417 e. The van der Waals surface area contributed by atoms with Crippen LogP contribution in [0.25, 0.3) is 0 Å². The average Bonchev–Trinajstić information content (AvgIpc) is 2.85. The maximum absolute atomic E-state index is 13.0. The summed E-state index contributed by atoms with van der Waals surface area (Å²) in [4.78, 5) is 1.15. The Balaban J connectivity index is 2.47. The Kier molecular flexibility index (Phi) is 4.72. The second-order valence-corrected chi connectivity index (χ2v) is 5.73. The molecule has 24 heavy (non-hydrogen) atoms. The molecule has 1 saturated heterocycles. The fraction of sp³-hybridized carbons (Fsp3) is 0.533. The lowest BCUT2D eigenvalue weighted by atomic mass is 10.0. The molecular formula is C15H14F6N2O. The third-order valence-electron chi connectivity index (χ3n) is 4.14. The fourth-order valence-electron chi connectivity index (χ4n) is 3.02. The van der Waals surface area contributed by atoms with Gasteiger partial charge in [0.05, 0.1) is 23.2 Å². The third kappa shape index (κ3) is 3.43. The summed E-state index contributed by atoms with van der Waals surface area (Å²) in [6.45, 7) is 1.58. The van der Waals surface area contributed by atoms with Gasteiger partial charge in [-0.05, 0) is 38.0 Å². The van der Waals surface area contributed by atoms with Crippen molar-refractivity contribution >= 4 is 5.69 Å². The van der Waals surface area contributed by atoms with Gasteiger partial charge in [0.15, 0.2) is 6.10 Å². The van der Waals surface area contributed by atoms with Crippen molar-refractivity contribution in [1.82, 2.24) is 0 Å². The monoisotopic (exact) mass is 352 g/mol. The number of benzene rings is 1. The zero-order valence-corrected chi connectivity index (χ0v) is 12.5. The number of nitriles is 1. The van der Waals surface area contributed by atoms with E-state index in [1.54, 1.807) is 6.92 Å². The lowest BCUT2D eigenvalue weighted by Crippen LogP contribution is -2.48. The Hall–Kier alpha value is -1.95. The highest BCUT2D eigenvalue weighted by atomic mass is 19.4. The van der Waals surface area contributed by atoms with Gasteiger partial charge in [-0.3, -0.25) is 0 Å². The van der Waals surface area contributed by atoms with Gasteiger partial charge in [0.2, 0.25) is 0 Å². The normalized spacial score (nSPS) is 23.2. The summed E-state index contributed by atoms with van der Waals surface area (Å²) >= 11 is 0. The van der Waals surface area contributed by atoms with Crippen LogP contribution in [0.15, 0.2) is 18.2 Å². The molecule has 1 heterocycles. The first-order valence-corrected chi connectivity index (χ1v) is 7.11. The summed E-state index contributed by atoms with van der Waals surface area (Å²) < 4.78 is 77.6. The van der Waals surface area contributed by atoms with Crippen LogP contribution in [-0.2, 0) is 6.18 Å². The van der Waals surface area contributed by atoms with Crippen LogP contribution in [0.1, 0.15) is 30.9 Å². The van der Waals surface area contributed by atoms with Gasteiger partial charge in [-0.25, -0.2) is 0 Å². The molecule has 0 aliphatic carbocycles. The zero-order valence-electron chi connectivity index (χ0n) is 12.5. The van der Waals surface area contributed by atoms with E-state index in [2.05, 4.69) is 0 Å². The van der Waals surface area contributed by atoms with Crippen LogP contribution in [0, 0.1) is 11.3 Å². The molecule has 1 N–H and O–H groups in total. The highest BCUT2D eigenvalue weighted by Crippen LogP contribution is 2.40. The van der Waals surface area contributed by atoms with Crippen molar-refractivity contribution in [3.8, 4) is 6.07 Å². The van der Waals surface area contributed by atoms with Gasteiger partial charge in [-0.15, -0.1) is 0 Å². The molecule has 132 valence electrons. The molecule has 0 radical (unpaired) electrons. The number of nitrogens with zero attached hydrogens (tertiary/aromatic N) is 2. The van der Waals surface area contributed by atoms with E-state index in [0.717, 1.165) is 11.0 Å². The average molecular weight is 352 g/mol. The van der Waals surface area contributed by atoms with Crippen LogP contribution in [0.4, 0.5) is 32.0 Å². The van der Waals surface area contributed by atoms with Crippen LogP contribution in [0.3, 0.4) is 0 Å². The van der Waals surface area contributed by atoms with Crippen LogP contribution < -0.4 is 4.90 Å². The number of halogens is 6. The third-order valence-corrected chi connectivity index (χ3v) is 4.14. The number of aliphatic hydroxyl groups excluding tert-OH is 1. The summed E-state index contributed by atoms with van der Waals surface area (Å²) in [5, 5.41) is 18.3. The van der Waals surface area contributed by atoms with E-state index in [4.69, 9.17) is 5.26 Å². The molecule has 3 atom stereocenters. The Morgan fingerprint density at radius 2 is 1.83 bits per heavy atom. The molecular weight excluding hydrogens is 338 g/mol. The van der Waals surface area contributed by atoms with Crippen LogP contribution in [-0.4, -0.2) is 29.5 Å². The smallest absolute Gasteiger partial charge is 0.382 e. The van der Waals surface area contributed by atoms with E-state index < -0.39 is 41.7 Å². The molecule has 1 aromatic rings. The van der Waals surface area contributed by atoms with Crippen molar-refractivity contribution in [1.29, 1.82) is 5.26 Å². The minimum Gasteiger partial charge on any atom is -0.382 e. The highest BCUT2D eigenvalue weighted by Gasteiger charge is 2.49.